The first-order chi connectivity index (χ1) is 10.4. The van der Waals surface area contributed by atoms with E-state index in [4.69, 9.17) is 15.2 Å². The van der Waals surface area contributed by atoms with Gasteiger partial charge in [0.15, 0.2) is 0 Å². The van der Waals surface area contributed by atoms with E-state index in [0.29, 0.717) is 13.2 Å². The van der Waals surface area contributed by atoms with E-state index in [1.165, 1.54) is 5.56 Å². The number of ether oxygens (including phenoxy) is 2. The van der Waals surface area contributed by atoms with Crippen molar-refractivity contribution in [3.8, 4) is 5.75 Å². The van der Waals surface area contributed by atoms with Crippen molar-refractivity contribution in [1.29, 1.82) is 0 Å². The van der Waals surface area contributed by atoms with Gasteiger partial charge < -0.3 is 15.2 Å². The van der Waals surface area contributed by atoms with Crippen molar-refractivity contribution >= 4 is 0 Å². The van der Waals surface area contributed by atoms with Gasteiger partial charge in [0.05, 0.1) is 6.61 Å². The first-order valence-corrected chi connectivity index (χ1v) is 7.47. The third-order valence-corrected chi connectivity index (χ3v) is 3.88. The van der Waals surface area contributed by atoms with Crippen molar-refractivity contribution in [3.05, 3.63) is 65.7 Å². The Balaban J connectivity index is 1.73. The van der Waals surface area contributed by atoms with Crippen LogP contribution in [0.2, 0.25) is 0 Å². The predicted octanol–water partition coefficient (Wildman–Crippen LogP) is 3.13. The first kappa shape index (κ1) is 14.1. The van der Waals surface area contributed by atoms with Gasteiger partial charge >= 0.3 is 0 Å². The Morgan fingerprint density at radius 2 is 1.81 bits per heavy atom. The summed E-state index contributed by atoms with van der Waals surface area (Å²) in [5.41, 5.74) is 8.18. The summed E-state index contributed by atoms with van der Waals surface area (Å²) in [6.45, 7) is 1.25. The van der Waals surface area contributed by atoms with Crippen LogP contribution in [0.5, 0.6) is 5.75 Å². The highest BCUT2D eigenvalue weighted by Crippen LogP contribution is 2.30. The Kier molecular flexibility index (Phi) is 4.53. The standard InChI is InChI=1S/C18H21NO2/c19-11-10-15(12-14-6-2-1-3-7-14)18-20-13-16-8-4-5-9-17(16)21-18/h1-9,15,18H,10-13,19H2. The third kappa shape index (κ3) is 3.43. The Bertz CT molecular complexity index is 570. The van der Waals surface area contributed by atoms with Gasteiger partial charge in [-0.2, -0.15) is 0 Å². The van der Waals surface area contributed by atoms with E-state index in [2.05, 4.69) is 24.3 Å². The minimum atomic E-state index is -0.219. The van der Waals surface area contributed by atoms with E-state index in [1.54, 1.807) is 0 Å². The number of hydrogen-bond acceptors (Lipinski definition) is 3. The summed E-state index contributed by atoms with van der Waals surface area (Å²) in [5, 5.41) is 0. The number of fused-ring (bicyclic) bond motifs is 1. The fraction of sp³-hybridized carbons (Fsp3) is 0.333. The maximum absolute atomic E-state index is 6.04. The molecule has 2 unspecified atom stereocenters. The quantitative estimate of drug-likeness (QED) is 0.917. The molecule has 1 heterocycles. The van der Waals surface area contributed by atoms with Gasteiger partial charge in [-0.15, -0.1) is 0 Å². The van der Waals surface area contributed by atoms with E-state index in [1.807, 2.05) is 30.3 Å². The van der Waals surface area contributed by atoms with Crippen LogP contribution in [0.1, 0.15) is 17.5 Å². The SMILES string of the molecule is NCCC(Cc1ccccc1)C1OCc2ccccc2O1. The molecule has 0 radical (unpaired) electrons. The molecule has 0 bridgehead atoms. The fourth-order valence-electron chi connectivity index (χ4n) is 2.77. The molecule has 0 saturated heterocycles. The van der Waals surface area contributed by atoms with Gasteiger partial charge in [-0.3, -0.25) is 0 Å². The number of nitrogens with two attached hydrogens (primary N) is 1. The normalized spacial score (nSPS) is 18.6. The van der Waals surface area contributed by atoms with Crippen LogP contribution in [0.4, 0.5) is 0 Å². The molecule has 110 valence electrons. The number of rotatable bonds is 5. The molecule has 2 aromatic carbocycles. The highest BCUT2D eigenvalue weighted by atomic mass is 16.7. The van der Waals surface area contributed by atoms with Crippen molar-refractivity contribution < 1.29 is 9.47 Å². The molecular weight excluding hydrogens is 262 g/mol. The molecule has 3 rings (SSSR count). The molecule has 0 aliphatic carbocycles. The van der Waals surface area contributed by atoms with Crippen molar-refractivity contribution in [3.63, 3.8) is 0 Å². The van der Waals surface area contributed by atoms with Crippen LogP contribution < -0.4 is 10.5 Å². The van der Waals surface area contributed by atoms with Crippen molar-refractivity contribution in [2.24, 2.45) is 11.7 Å². The van der Waals surface area contributed by atoms with Gasteiger partial charge in [0.2, 0.25) is 6.29 Å². The molecule has 2 aromatic rings. The first-order valence-electron chi connectivity index (χ1n) is 7.47. The Labute approximate surface area is 125 Å². The molecule has 0 saturated carbocycles. The lowest BCUT2D eigenvalue weighted by atomic mass is 9.95. The summed E-state index contributed by atoms with van der Waals surface area (Å²) >= 11 is 0. The van der Waals surface area contributed by atoms with Crippen LogP contribution in [0, 0.1) is 5.92 Å². The largest absolute Gasteiger partial charge is 0.464 e. The highest BCUT2D eigenvalue weighted by Gasteiger charge is 2.28. The maximum atomic E-state index is 6.04. The number of benzene rings is 2. The zero-order chi connectivity index (χ0) is 14.5. The average Bonchev–Trinajstić information content (AvgIpc) is 2.55. The second-order valence-electron chi connectivity index (χ2n) is 5.43. The molecule has 2 atom stereocenters. The topological polar surface area (TPSA) is 44.5 Å². The zero-order valence-electron chi connectivity index (χ0n) is 12.1. The van der Waals surface area contributed by atoms with Gasteiger partial charge in [0.25, 0.3) is 0 Å². The monoisotopic (exact) mass is 283 g/mol. The van der Waals surface area contributed by atoms with Crippen LogP contribution in [0.3, 0.4) is 0 Å². The molecule has 0 fully saturated rings. The summed E-state index contributed by atoms with van der Waals surface area (Å²) in [4.78, 5) is 0. The summed E-state index contributed by atoms with van der Waals surface area (Å²) in [6, 6.07) is 18.5. The average molecular weight is 283 g/mol. The molecule has 0 spiro atoms. The van der Waals surface area contributed by atoms with Crippen LogP contribution in [-0.2, 0) is 17.8 Å². The summed E-state index contributed by atoms with van der Waals surface area (Å²) in [5.74, 6) is 1.20. The fourth-order valence-corrected chi connectivity index (χ4v) is 2.77. The molecule has 21 heavy (non-hydrogen) atoms. The molecule has 1 aliphatic rings. The van der Waals surface area contributed by atoms with E-state index in [-0.39, 0.29) is 12.2 Å². The van der Waals surface area contributed by atoms with E-state index in [9.17, 15) is 0 Å². The predicted molar refractivity (Wildman–Crippen MR) is 83.0 cm³/mol. The van der Waals surface area contributed by atoms with E-state index < -0.39 is 0 Å². The summed E-state index contributed by atoms with van der Waals surface area (Å²) in [6.07, 6.45) is 1.59. The molecule has 3 heteroatoms. The Morgan fingerprint density at radius 1 is 1.05 bits per heavy atom. The lowest BCUT2D eigenvalue weighted by Gasteiger charge is -2.32. The van der Waals surface area contributed by atoms with Gasteiger partial charge in [-0.05, 0) is 31.0 Å². The zero-order valence-corrected chi connectivity index (χ0v) is 12.1. The third-order valence-electron chi connectivity index (χ3n) is 3.88. The summed E-state index contributed by atoms with van der Waals surface area (Å²) < 4.78 is 12.0. The summed E-state index contributed by atoms with van der Waals surface area (Å²) in [7, 11) is 0. The smallest absolute Gasteiger partial charge is 0.203 e. The van der Waals surface area contributed by atoms with Crippen molar-refractivity contribution in [1.82, 2.24) is 0 Å². The molecular formula is C18H21NO2. The van der Waals surface area contributed by atoms with E-state index >= 15 is 0 Å². The highest BCUT2D eigenvalue weighted by molar-refractivity contribution is 5.33. The Hall–Kier alpha value is -1.84. The minimum Gasteiger partial charge on any atom is -0.464 e. The van der Waals surface area contributed by atoms with Gasteiger partial charge in [0.1, 0.15) is 5.75 Å². The van der Waals surface area contributed by atoms with Crippen LogP contribution in [-0.4, -0.2) is 12.8 Å². The van der Waals surface area contributed by atoms with Crippen LogP contribution >= 0.6 is 0 Å². The van der Waals surface area contributed by atoms with E-state index in [0.717, 1.165) is 24.2 Å². The molecule has 0 aromatic heterocycles. The van der Waals surface area contributed by atoms with Crippen molar-refractivity contribution in [2.75, 3.05) is 6.54 Å². The Morgan fingerprint density at radius 3 is 2.62 bits per heavy atom. The van der Waals surface area contributed by atoms with Gasteiger partial charge in [-0.1, -0.05) is 48.5 Å². The molecule has 1 aliphatic heterocycles. The van der Waals surface area contributed by atoms with Gasteiger partial charge in [-0.25, -0.2) is 0 Å². The van der Waals surface area contributed by atoms with Gasteiger partial charge in [0, 0.05) is 11.5 Å². The lowest BCUT2D eigenvalue weighted by Crippen LogP contribution is -2.35. The molecule has 3 nitrogen and oxygen atoms in total. The minimum absolute atomic E-state index is 0.219. The molecule has 2 N–H and O–H groups in total. The lowest BCUT2D eigenvalue weighted by molar-refractivity contribution is -0.141. The van der Waals surface area contributed by atoms with Crippen molar-refractivity contribution in [2.45, 2.75) is 25.7 Å². The second-order valence-corrected chi connectivity index (χ2v) is 5.43. The number of hydrogen-bond donors (Lipinski definition) is 1. The van der Waals surface area contributed by atoms with Crippen LogP contribution in [0.25, 0.3) is 0 Å². The maximum Gasteiger partial charge on any atom is 0.203 e. The molecule has 0 amide bonds. The van der Waals surface area contributed by atoms with Crippen LogP contribution in [0.15, 0.2) is 54.6 Å². The number of para-hydroxylation sites is 1. The second kappa shape index (κ2) is 6.74.